The standard InChI is InChI=1S/C14H21N3O4.ClH/c1-20-11-4-3-9(7-12(11)21-2)5-6-17-14(19)10(15)8-13(16)18;/h3-4,7,10H,5-6,8,15H2,1-2H3,(H2,16,18)(H,17,19);1H. The molecule has 0 heterocycles. The smallest absolute Gasteiger partial charge is 0.237 e. The van der Waals surface area contributed by atoms with Gasteiger partial charge in [-0.2, -0.15) is 0 Å². The SMILES string of the molecule is COc1ccc(CCNC(=O)C(N)CC(N)=O)cc1OC.Cl. The van der Waals surface area contributed by atoms with Gasteiger partial charge in [-0.05, 0) is 24.1 Å². The van der Waals surface area contributed by atoms with Crippen LogP contribution in [0.5, 0.6) is 11.5 Å². The van der Waals surface area contributed by atoms with Crippen molar-refractivity contribution in [2.24, 2.45) is 11.5 Å². The second-order valence-corrected chi connectivity index (χ2v) is 4.51. The zero-order valence-electron chi connectivity index (χ0n) is 12.6. The van der Waals surface area contributed by atoms with Crippen LogP contribution in [0.1, 0.15) is 12.0 Å². The monoisotopic (exact) mass is 331 g/mol. The topological polar surface area (TPSA) is 117 Å². The van der Waals surface area contributed by atoms with Gasteiger partial charge in [-0.15, -0.1) is 12.4 Å². The first-order chi connectivity index (χ1) is 9.97. The van der Waals surface area contributed by atoms with Crippen molar-refractivity contribution in [3.8, 4) is 11.5 Å². The zero-order valence-corrected chi connectivity index (χ0v) is 13.4. The first-order valence-electron chi connectivity index (χ1n) is 6.50. The molecule has 22 heavy (non-hydrogen) atoms. The van der Waals surface area contributed by atoms with Gasteiger partial charge < -0.3 is 26.3 Å². The molecule has 0 spiro atoms. The Morgan fingerprint density at radius 2 is 1.86 bits per heavy atom. The van der Waals surface area contributed by atoms with E-state index in [0.29, 0.717) is 24.5 Å². The van der Waals surface area contributed by atoms with E-state index in [1.165, 1.54) is 0 Å². The molecule has 1 atom stereocenters. The summed E-state index contributed by atoms with van der Waals surface area (Å²) in [5.74, 6) is 0.285. The summed E-state index contributed by atoms with van der Waals surface area (Å²) in [6.07, 6.45) is 0.442. The van der Waals surface area contributed by atoms with E-state index >= 15 is 0 Å². The van der Waals surface area contributed by atoms with E-state index in [1.54, 1.807) is 20.3 Å². The van der Waals surface area contributed by atoms with Gasteiger partial charge >= 0.3 is 0 Å². The molecular weight excluding hydrogens is 310 g/mol. The molecule has 2 amide bonds. The first kappa shape index (κ1) is 20.0. The molecule has 5 N–H and O–H groups in total. The fourth-order valence-corrected chi connectivity index (χ4v) is 1.81. The van der Waals surface area contributed by atoms with E-state index in [0.717, 1.165) is 5.56 Å². The number of carbonyl (C=O) groups excluding carboxylic acids is 2. The maximum atomic E-state index is 11.6. The van der Waals surface area contributed by atoms with Gasteiger partial charge in [0.15, 0.2) is 11.5 Å². The Kier molecular flexibility index (Phi) is 8.97. The minimum atomic E-state index is -0.909. The van der Waals surface area contributed by atoms with Gasteiger partial charge in [0.25, 0.3) is 0 Å². The predicted molar refractivity (Wildman–Crippen MR) is 85.3 cm³/mol. The maximum absolute atomic E-state index is 11.6. The van der Waals surface area contributed by atoms with E-state index in [4.69, 9.17) is 20.9 Å². The third kappa shape index (κ3) is 6.19. The maximum Gasteiger partial charge on any atom is 0.237 e. The van der Waals surface area contributed by atoms with Gasteiger partial charge in [0.2, 0.25) is 11.8 Å². The summed E-state index contributed by atoms with van der Waals surface area (Å²) < 4.78 is 10.3. The number of hydrogen-bond donors (Lipinski definition) is 3. The molecule has 1 aromatic carbocycles. The van der Waals surface area contributed by atoms with E-state index < -0.39 is 17.9 Å². The highest BCUT2D eigenvalue weighted by Crippen LogP contribution is 2.27. The van der Waals surface area contributed by atoms with E-state index in [9.17, 15) is 9.59 Å². The summed E-state index contributed by atoms with van der Waals surface area (Å²) in [5.41, 5.74) is 11.5. The van der Waals surface area contributed by atoms with Crippen molar-refractivity contribution in [2.75, 3.05) is 20.8 Å². The predicted octanol–water partition coefficient (Wildman–Crippen LogP) is -0.0130. The van der Waals surface area contributed by atoms with Gasteiger partial charge in [0, 0.05) is 6.54 Å². The summed E-state index contributed by atoms with van der Waals surface area (Å²) in [7, 11) is 3.13. The second-order valence-electron chi connectivity index (χ2n) is 4.51. The molecule has 0 fully saturated rings. The highest BCUT2D eigenvalue weighted by molar-refractivity contribution is 5.87. The van der Waals surface area contributed by atoms with Crippen LogP contribution in [0.4, 0.5) is 0 Å². The molecule has 1 aromatic rings. The lowest BCUT2D eigenvalue weighted by molar-refractivity contribution is -0.126. The van der Waals surface area contributed by atoms with Crippen molar-refractivity contribution in [3.63, 3.8) is 0 Å². The molecule has 0 saturated heterocycles. The zero-order chi connectivity index (χ0) is 15.8. The van der Waals surface area contributed by atoms with E-state index in [1.807, 2.05) is 12.1 Å². The average molecular weight is 332 g/mol. The summed E-state index contributed by atoms with van der Waals surface area (Å²) in [6.45, 7) is 0.404. The second kappa shape index (κ2) is 9.86. The van der Waals surface area contributed by atoms with Gasteiger partial charge in [-0.3, -0.25) is 9.59 Å². The van der Waals surface area contributed by atoms with Crippen LogP contribution in [0.15, 0.2) is 18.2 Å². The number of ether oxygens (including phenoxy) is 2. The first-order valence-corrected chi connectivity index (χ1v) is 6.50. The molecule has 0 saturated carbocycles. The van der Waals surface area contributed by atoms with Crippen LogP contribution in [-0.2, 0) is 16.0 Å². The molecule has 1 unspecified atom stereocenters. The lowest BCUT2D eigenvalue weighted by atomic mass is 10.1. The van der Waals surface area contributed by atoms with E-state index in [-0.39, 0.29) is 18.8 Å². The van der Waals surface area contributed by atoms with Gasteiger partial charge in [-0.1, -0.05) is 6.07 Å². The van der Waals surface area contributed by atoms with Crippen LogP contribution in [0.2, 0.25) is 0 Å². The van der Waals surface area contributed by atoms with Gasteiger partial charge in [0.1, 0.15) is 0 Å². The number of nitrogens with two attached hydrogens (primary N) is 2. The average Bonchev–Trinajstić information content (AvgIpc) is 2.46. The van der Waals surface area contributed by atoms with Crippen LogP contribution >= 0.6 is 12.4 Å². The number of rotatable bonds is 8. The lowest BCUT2D eigenvalue weighted by Gasteiger charge is -2.12. The Hall–Kier alpha value is -1.99. The molecule has 0 aromatic heterocycles. The van der Waals surface area contributed by atoms with Crippen molar-refractivity contribution in [1.29, 1.82) is 0 Å². The largest absolute Gasteiger partial charge is 0.493 e. The lowest BCUT2D eigenvalue weighted by Crippen LogP contribution is -2.43. The van der Waals surface area contributed by atoms with Crippen molar-refractivity contribution in [1.82, 2.24) is 5.32 Å². The summed E-state index contributed by atoms with van der Waals surface area (Å²) in [4.78, 5) is 22.3. The number of nitrogens with one attached hydrogen (secondary N) is 1. The number of benzene rings is 1. The van der Waals surface area contributed by atoms with Crippen molar-refractivity contribution in [3.05, 3.63) is 23.8 Å². The van der Waals surface area contributed by atoms with Crippen molar-refractivity contribution in [2.45, 2.75) is 18.9 Å². The molecule has 0 aliphatic rings. The molecule has 0 radical (unpaired) electrons. The van der Waals surface area contributed by atoms with Gasteiger partial charge in [0.05, 0.1) is 26.7 Å². The Morgan fingerprint density at radius 3 is 2.41 bits per heavy atom. The highest BCUT2D eigenvalue weighted by atomic mass is 35.5. The van der Waals surface area contributed by atoms with Crippen LogP contribution in [-0.4, -0.2) is 38.6 Å². The number of methoxy groups -OCH3 is 2. The Balaban J connectivity index is 0.00000441. The van der Waals surface area contributed by atoms with Crippen LogP contribution < -0.4 is 26.3 Å². The molecular formula is C14H22ClN3O4. The Bertz CT molecular complexity index is 511. The Morgan fingerprint density at radius 1 is 1.23 bits per heavy atom. The van der Waals surface area contributed by atoms with Gasteiger partial charge in [-0.25, -0.2) is 0 Å². The normalized spacial score (nSPS) is 11.0. The minimum absolute atomic E-state index is 0. The number of carbonyl (C=O) groups is 2. The molecule has 0 aliphatic carbocycles. The van der Waals surface area contributed by atoms with Crippen LogP contribution in [0, 0.1) is 0 Å². The molecule has 8 heteroatoms. The number of hydrogen-bond acceptors (Lipinski definition) is 5. The van der Waals surface area contributed by atoms with Crippen molar-refractivity contribution < 1.29 is 19.1 Å². The third-order valence-corrected chi connectivity index (χ3v) is 2.92. The van der Waals surface area contributed by atoms with Crippen LogP contribution in [0.3, 0.4) is 0 Å². The summed E-state index contributed by atoms with van der Waals surface area (Å²) in [5, 5.41) is 2.66. The quantitative estimate of drug-likeness (QED) is 0.619. The molecule has 0 bridgehead atoms. The fraction of sp³-hybridized carbons (Fsp3) is 0.429. The van der Waals surface area contributed by atoms with E-state index in [2.05, 4.69) is 5.32 Å². The minimum Gasteiger partial charge on any atom is -0.493 e. The summed E-state index contributed by atoms with van der Waals surface area (Å²) >= 11 is 0. The Labute approximate surface area is 135 Å². The summed E-state index contributed by atoms with van der Waals surface area (Å²) in [6, 6.07) is 4.62. The van der Waals surface area contributed by atoms with Crippen LogP contribution in [0.25, 0.3) is 0 Å². The highest BCUT2D eigenvalue weighted by Gasteiger charge is 2.15. The molecule has 7 nitrogen and oxygen atoms in total. The fourth-order valence-electron chi connectivity index (χ4n) is 1.81. The van der Waals surface area contributed by atoms with Crippen molar-refractivity contribution >= 4 is 24.2 Å². The number of halogens is 1. The molecule has 124 valence electrons. The third-order valence-electron chi connectivity index (χ3n) is 2.92. The molecule has 0 aliphatic heterocycles. The molecule has 1 rings (SSSR count). The number of amides is 2. The number of primary amides is 1.